The number of nitrogens with one attached hydrogen (secondary N) is 2. The van der Waals surface area contributed by atoms with Gasteiger partial charge in [0.2, 0.25) is 0 Å². The van der Waals surface area contributed by atoms with E-state index >= 15 is 0 Å². The molecule has 10 heteroatoms. The zero-order valence-electron chi connectivity index (χ0n) is 20.0. The highest BCUT2D eigenvalue weighted by Gasteiger charge is 2.36. The zero-order chi connectivity index (χ0) is 26.3. The minimum absolute atomic E-state index is 0.0521. The Kier molecular flexibility index (Phi) is 6.22. The van der Waals surface area contributed by atoms with Gasteiger partial charge < -0.3 is 15.4 Å². The average molecular weight is 508 g/mol. The number of aromatic nitrogens is 2. The van der Waals surface area contributed by atoms with E-state index in [9.17, 15) is 23.1 Å². The second kappa shape index (κ2) is 9.38. The normalized spacial score (nSPS) is 16.4. The van der Waals surface area contributed by atoms with Crippen LogP contribution in [-0.4, -0.2) is 32.5 Å². The first-order chi connectivity index (χ1) is 17.6. The van der Waals surface area contributed by atoms with Gasteiger partial charge in [-0.05, 0) is 54.5 Å². The number of nitrogens with zero attached hydrogens (tertiary/aromatic N) is 3. The van der Waals surface area contributed by atoms with Gasteiger partial charge in [0.25, 0.3) is 5.91 Å². The predicted molar refractivity (Wildman–Crippen MR) is 133 cm³/mol. The van der Waals surface area contributed by atoms with Crippen molar-refractivity contribution >= 4 is 17.4 Å². The number of amides is 1. The molecule has 0 bridgehead atoms. The SMILES string of the molecule is C[C@H](O)c1ccn2c(NC(=O)c3ccc(C(F)(F)F)c(C4C=CN(C)N4)c3)c(-c3ccccc3)nc2c1. The number of fused-ring (bicyclic) bond motifs is 1. The first-order valence-corrected chi connectivity index (χ1v) is 11.6. The summed E-state index contributed by atoms with van der Waals surface area (Å²) in [5, 5.41) is 14.4. The monoisotopic (exact) mass is 507 g/mol. The van der Waals surface area contributed by atoms with Crippen LogP contribution in [0.5, 0.6) is 0 Å². The zero-order valence-corrected chi connectivity index (χ0v) is 20.0. The first-order valence-electron chi connectivity index (χ1n) is 11.6. The van der Waals surface area contributed by atoms with Gasteiger partial charge in [0.1, 0.15) is 17.2 Å². The molecule has 0 fully saturated rings. The fraction of sp³-hybridized carbons (Fsp3) is 0.185. The van der Waals surface area contributed by atoms with Crippen molar-refractivity contribution in [3.8, 4) is 11.3 Å². The molecular weight excluding hydrogens is 483 g/mol. The summed E-state index contributed by atoms with van der Waals surface area (Å²) in [6, 6.07) is 15.3. The Morgan fingerprint density at radius 3 is 2.54 bits per heavy atom. The van der Waals surface area contributed by atoms with E-state index in [1.165, 1.54) is 12.1 Å². The van der Waals surface area contributed by atoms with Gasteiger partial charge in [-0.2, -0.15) is 13.2 Å². The quantitative estimate of drug-likeness (QED) is 0.340. The lowest BCUT2D eigenvalue weighted by atomic mass is 9.97. The van der Waals surface area contributed by atoms with Crippen molar-refractivity contribution in [3.05, 3.63) is 101 Å². The molecule has 0 spiro atoms. The maximum absolute atomic E-state index is 13.7. The molecule has 3 heterocycles. The Balaban J connectivity index is 1.57. The number of pyridine rings is 1. The standard InChI is InChI=1S/C27H24F3N5O2/c1-16(36)18-10-13-35-23(15-18)31-24(17-6-4-3-5-7-17)25(35)32-26(37)19-8-9-21(27(28,29)30)20(14-19)22-11-12-34(2)33-22/h3-16,22,33,36H,1-2H3,(H,32,37)/t16-,22?/m0/s1. The van der Waals surface area contributed by atoms with Crippen molar-refractivity contribution in [2.75, 3.05) is 12.4 Å². The Hall–Kier alpha value is -4.15. The highest BCUT2D eigenvalue weighted by atomic mass is 19.4. The topological polar surface area (TPSA) is 81.9 Å². The first kappa shape index (κ1) is 24.5. The van der Waals surface area contributed by atoms with E-state index in [1.54, 1.807) is 54.0 Å². The summed E-state index contributed by atoms with van der Waals surface area (Å²) in [4.78, 5) is 18.1. The summed E-state index contributed by atoms with van der Waals surface area (Å²) in [6.07, 6.45) is -0.366. The number of hydrogen-bond acceptors (Lipinski definition) is 5. The number of alkyl halides is 3. The molecule has 1 unspecified atom stereocenters. The number of aliphatic hydroxyl groups excluding tert-OH is 1. The number of hydrazine groups is 1. The minimum atomic E-state index is -4.58. The van der Waals surface area contributed by atoms with Gasteiger partial charge in [-0.15, -0.1) is 0 Å². The lowest BCUT2D eigenvalue weighted by Gasteiger charge is -2.20. The molecule has 0 saturated carbocycles. The number of hydrogen-bond donors (Lipinski definition) is 3. The number of rotatable bonds is 5. The Morgan fingerprint density at radius 2 is 1.89 bits per heavy atom. The van der Waals surface area contributed by atoms with Crippen molar-refractivity contribution in [1.82, 2.24) is 19.8 Å². The Labute approximate surface area is 210 Å². The van der Waals surface area contributed by atoms with Gasteiger partial charge in [-0.1, -0.05) is 30.3 Å². The van der Waals surface area contributed by atoms with Gasteiger partial charge in [0, 0.05) is 30.6 Å². The number of benzene rings is 2. The molecule has 2 aromatic heterocycles. The summed E-state index contributed by atoms with van der Waals surface area (Å²) >= 11 is 0. The van der Waals surface area contributed by atoms with Crippen molar-refractivity contribution in [2.24, 2.45) is 0 Å². The molecule has 3 N–H and O–H groups in total. The number of carbonyl (C=O) groups is 1. The van der Waals surface area contributed by atoms with Gasteiger partial charge in [0.05, 0.1) is 17.7 Å². The largest absolute Gasteiger partial charge is 0.416 e. The Morgan fingerprint density at radius 1 is 1.14 bits per heavy atom. The van der Waals surface area contributed by atoms with Crippen molar-refractivity contribution < 1.29 is 23.1 Å². The molecule has 7 nitrogen and oxygen atoms in total. The van der Waals surface area contributed by atoms with E-state index in [0.717, 1.165) is 11.6 Å². The maximum Gasteiger partial charge on any atom is 0.416 e. The number of aliphatic hydroxyl groups is 1. The third kappa shape index (κ3) is 4.81. The summed E-state index contributed by atoms with van der Waals surface area (Å²) < 4.78 is 42.9. The molecule has 1 aliphatic rings. The smallest absolute Gasteiger partial charge is 0.389 e. The highest BCUT2D eigenvalue weighted by molar-refractivity contribution is 6.06. The van der Waals surface area contributed by atoms with Crippen LogP contribution in [0.2, 0.25) is 0 Å². The van der Waals surface area contributed by atoms with Crippen LogP contribution >= 0.6 is 0 Å². The minimum Gasteiger partial charge on any atom is -0.389 e. The van der Waals surface area contributed by atoms with Crippen LogP contribution in [-0.2, 0) is 6.18 Å². The van der Waals surface area contributed by atoms with Crippen LogP contribution in [0, 0.1) is 0 Å². The lowest BCUT2D eigenvalue weighted by molar-refractivity contribution is -0.138. The Bertz CT molecular complexity index is 1500. The fourth-order valence-corrected chi connectivity index (χ4v) is 4.33. The van der Waals surface area contributed by atoms with E-state index in [0.29, 0.717) is 22.7 Å². The highest BCUT2D eigenvalue weighted by Crippen LogP contribution is 2.37. The molecule has 0 aliphatic carbocycles. The number of carbonyl (C=O) groups excluding carboxylic acids is 1. The van der Waals surface area contributed by atoms with E-state index in [2.05, 4.69) is 15.7 Å². The second-order valence-corrected chi connectivity index (χ2v) is 8.85. The van der Waals surface area contributed by atoms with Gasteiger partial charge in [0.15, 0.2) is 0 Å². The van der Waals surface area contributed by atoms with Crippen LogP contribution in [0.15, 0.2) is 79.1 Å². The molecule has 0 radical (unpaired) electrons. The number of halogens is 3. The molecule has 190 valence electrons. The van der Waals surface area contributed by atoms with Crippen molar-refractivity contribution in [3.63, 3.8) is 0 Å². The van der Waals surface area contributed by atoms with Crippen molar-refractivity contribution in [2.45, 2.75) is 25.2 Å². The van der Waals surface area contributed by atoms with Crippen LogP contribution in [0.25, 0.3) is 16.9 Å². The van der Waals surface area contributed by atoms with Crippen molar-refractivity contribution in [1.29, 1.82) is 0 Å². The van der Waals surface area contributed by atoms with Crippen LogP contribution < -0.4 is 10.7 Å². The second-order valence-electron chi connectivity index (χ2n) is 8.85. The van der Waals surface area contributed by atoms with Crippen LogP contribution in [0.4, 0.5) is 19.0 Å². The molecule has 2 atom stereocenters. The molecule has 2 aromatic carbocycles. The summed E-state index contributed by atoms with van der Waals surface area (Å²) in [5.41, 5.74) is 4.52. The average Bonchev–Trinajstić information content (AvgIpc) is 3.47. The third-order valence-corrected chi connectivity index (χ3v) is 6.21. The fourth-order valence-electron chi connectivity index (χ4n) is 4.33. The maximum atomic E-state index is 13.7. The van der Waals surface area contributed by atoms with Crippen LogP contribution in [0.1, 0.15) is 46.1 Å². The third-order valence-electron chi connectivity index (χ3n) is 6.21. The summed E-state index contributed by atoms with van der Waals surface area (Å²) in [7, 11) is 1.68. The van der Waals surface area contributed by atoms with E-state index in [4.69, 9.17) is 0 Å². The van der Waals surface area contributed by atoms with E-state index in [1.807, 2.05) is 30.3 Å². The molecule has 4 aromatic rings. The molecule has 0 saturated heterocycles. The van der Waals surface area contributed by atoms with E-state index < -0.39 is 29.8 Å². The molecular formula is C27H24F3N5O2. The molecule has 1 amide bonds. The molecule has 37 heavy (non-hydrogen) atoms. The lowest BCUT2D eigenvalue weighted by Crippen LogP contribution is -2.28. The summed E-state index contributed by atoms with van der Waals surface area (Å²) in [6.45, 7) is 1.64. The number of imidazole rings is 1. The van der Waals surface area contributed by atoms with E-state index in [-0.39, 0.29) is 11.1 Å². The number of anilines is 1. The molecule has 1 aliphatic heterocycles. The predicted octanol–water partition coefficient (Wildman–Crippen LogP) is 5.33. The molecule has 5 rings (SSSR count). The summed E-state index contributed by atoms with van der Waals surface area (Å²) in [5.74, 6) is -0.215. The van der Waals surface area contributed by atoms with Gasteiger partial charge in [-0.25, -0.2) is 10.4 Å². The van der Waals surface area contributed by atoms with Crippen LogP contribution in [0.3, 0.4) is 0 Å². The van der Waals surface area contributed by atoms with Gasteiger partial charge >= 0.3 is 6.18 Å². The van der Waals surface area contributed by atoms with Gasteiger partial charge in [-0.3, -0.25) is 9.20 Å².